The fourth-order valence-corrected chi connectivity index (χ4v) is 1.78. The summed E-state index contributed by atoms with van der Waals surface area (Å²) in [6.07, 6.45) is 0. The lowest BCUT2D eigenvalue weighted by atomic mass is 10.1. The Morgan fingerprint density at radius 2 is 1.81 bits per heavy atom. The molecule has 6 heteroatoms. The summed E-state index contributed by atoms with van der Waals surface area (Å²) in [4.78, 5) is 23.2. The lowest BCUT2D eigenvalue weighted by Gasteiger charge is -2.09. The summed E-state index contributed by atoms with van der Waals surface area (Å²) < 4.78 is 5.01. The van der Waals surface area contributed by atoms with Crippen LogP contribution in [-0.4, -0.2) is 24.1 Å². The van der Waals surface area contributed by atoms with Crippen molar-refractivity contribution in [3.8, 4) is 5.75 Å². The number of nitrogens with two attached hydrogens (primary N) is 1. The third-order valence-electron chi connectivity index (χ3n) is 2.87. The van der Waals surface area contributed by atoms with Crippen molar-refractivity contribution in [2.24, 2.45) is 0 Å². The number of methoxy groups -OCH3 is 1. The van der Waals surface area contributed by atoms with Crippen LogP contribution in [0.2, 0.25) is 0 Å². The second-order valence-electron chi connectivity index (χ2n) is 4.29. The maximum Gasteiger partial charge on any atom is 0.337 e. The highest BCUT2D eigenvalue weighted by molar-refractivity contribution is 6.08. The van der Waals surface area contributed by atoms with Crippen LogP contribution < -0.4 is 15.8 Å². The summed E-state index contributed by atoms with van der Waals surface area (Å²) in [6, 6.07) is 10.8. The lowest BCUT2D eigenvalue weighted by Crippen LogP contribution is -2.15. The molecule has 0 aromatic heterocycles. The first-order valence-corrected chi connectivity index (χ1v) is 6.09. The van der Waals surface area contributed by atoms with Crippen molar-refractivity contribution in [1.29, 1.82) is 0 Å². The summed E-state index contributed by atoms with van der Waals surface area (Å²) in [5.74, 6) is -0.942. The van der Waals surface area contributed by atoms with Crippen LogP contribution in [0.3, 0.4) is 0 Å². The van der Waals surface area contributed by atoms with Gasteiger partial charge in [-0.1, -0.05) is 0 Å². The van der Waals surface area contributed by atoms with Crippen LogP contribution >= 0.6 is 0 Å². The smallest absolute Gasteiger partial charge is 0.337 e. The van der Waals surface area contributed by atoms with Crippen LogP contribution in [0.25, 0.3) is 0 Å². The Morgan fingerprint density at radius 3 is 2.38 bits per heavy atom. The molecule has 2 aromatic carbocycles. The number of carbonyl (C=O) groups is 2. The molecule has 0 bridgehead atoms. The Labute approximate surface area is 121 Å². The van der Waals surface area contributed by atoms with Crippen molar-refractivity contribution in [2.45, 2.75) is 0 Å². The Kier molecular flexibility index (Phi) is 4.08. The third kappa shape index (κ3) is 3.30. The minimum absolute atomic E-state index is 0.0585. The van der Waals surface area contributed by atoms with E-state index in [9.17, 15) is 9.59 Å². The molecule has 0 aliphatic rings. The van der Waals surface area contributed by atoms with Gasteiger partial charge in [-0.25, -0.2) is 4.79 Å². The number of carbonyl (C=O) groups excluding carboxylic acids is 1. The first-order valence-electron chi connectivity index (χ1n) is 6.09. The van der Waals surface area contributed by atoms with E-state index in [0.29, 0.717) is 17.0 Å². The Balaban J connectivity index is 2.24. The molecule has 2 aromatic rings. The molecule has 0 radical (unpaired) electrons. The number of carboxylic acids is 1. The zero-order valence-electron chi connectivity index (χ0n) is 11.3. The van der Waals surface area contributed by atoms with E-state index in [-0.39, 0.29) is 11.3 Å². The Hall–Kier alpha value is -3.02. The number of amides is 1. The van der Waals surface area contributed by atoms with Crippen LogP contribution in [0, 0.1) is 0 Å². The average molecular weight is 286 g/mol. The minimum Gasteiger partial charge on any atom is -0.497 e. The van der Waals surface area contributed by atoms with Gasteiger partial charge in [-0.3, -0.25) is 4.79 Å². The molecule has 1 amide bonds. The molecule has 0 fully saturated rings. The zero-order chi connectivity index (χ0) is 15.4. The van der Waals surface area contributed by atoms with E-state index in [1.807, 2.05) is 0 Å². The van der Waals surface area contributed by atoms with Crippen molar-refractivity contribution < 1.29 is 19.4 Å². The molecule has 21 heavy (non-hydrogen) atoms. The minimum atomic E-state index is -1.16. The van der Waals surface area contributed by atoms with E-state index in [1.54, 1.807) is 24.3 Å². The van der Waals surface area contributed by atoms with Gasteiger partial charge in [0.1, 0.15) is 5.75 Å². The van der Waals surface area contributed by atoms with Crippen molar-refractivity contribution in [1.82, 2.24) is 0 Å². The molecule has 0 spiro atoms. The first-order chi connectivity index (χ1) is 10.0. The molecule has 0 unspecified atom stereocenters. The molecule has 108 valence electrons. The molecule has 0 aliphatic carbocycles. The van der Waals surface area contributed by atoms with Crippen molar-refractivity contribution >= 4 is 23.3 Å². The standard InChI is InChI=1S/C15H14N2O4/c1-21-11-5-2-9(3-6-11)14(18)17-13-7-4-10(16)8-12(13)15(19)20/h2-8H,16H2,1H3,(H,17,18)(H,19,20). The monoisotopic (exact) mass is 286 g/mol. The molecular weight excluding hydrogens is 272 g/mol. The number of benzene rings is 2. The number of nitrogens with one attached hydrogen (secondary N) is 1. The van der Waals surface area contributed by atoms with Crippen LogP contribution in [0.5, 0.6) is 5.75 Å². The van der Waals surface area contributed by atoms with E-state index < -0.39 is 11.9 Å². The van der Waals surface area contributed by atoms with E-state index >= 15 is 0 Å². The summed E-state index contributed by atoms with van der Waals surface area (Å²) >= 11 is 0. The first kappa shape index (κ1) is 14.4. The fourth-order valence-electron chi connectivity index (χ4n) is 1.78. The molecule has 0 aliphatic heterocycles. The van der Waals surface area contributed by atoms with Gasteiger partial charge in [0.2, 0.25) is 0 Å². The SMILES string of the molecule is COc1ccc(C(=O)Nc2ccc(N)cc2C(=O)O)cc1. The number of hydrogen-bond donors (Lipinski definition) is 3. The highest BCUT2D eigenvalue weighted by Gasteiger charge is 2.14. The highest BCUT2D eigenvalue weighted by Crippen LogP contribution is 2.20. The topological polar surface area (TPSA) is 102 Å². The number of nitrogen functional groups attached to an aromatic ring is 1. The quantitative estimate of drug-likeness (QED) is 0.748. The summed E-state index contributed by atoms with van der Waals surface area (Å²) in [5.41, 5.74) is 6.39. The normalized spacial score (nSPS) is 9.95. The maximum atomic E-state index is 12.1. The van der Waals surface area contributed by atoms with Gasteiger partial charge in [-0.05, 0) is 42.5 Å². The molecule has 4 N–H and O–H groups in total. The molecule has 2 rings (SSSR count). The number of rotatable bonds is 4. The number of carboxylic acid groups (broad SMARTS) is 1. The van der Waals surface area contributed by atoms with Gasteiger partial charge in [0, 0.05) is 11.3 Å². The molecule has 0 saturated heterocycles. The molecular formula is C15H14N2O4. The third-order valence-corrected chi connectivity index (χ3v) is 2.87. The second-order valence-corrected chi connectivity index (χ2v) is 4.29. The van der Waals surface area contributed by atoms with Gasteiger partial charge in [0.25, 0.3) is 5.91 Å². The summed E-state index contributed by atoms with van der Waals surface area (Å²) in [7, 11) is 1.53. The van der Waals surface area contributed by atoms with Crippen LogP contribution in [0.4, 0.5) is 11.4 Å². The van der Waals surface area contributed by atoms with E-state index in [2.05, 4.69) is 5.32 Å². The van der Waals surface area contributed by atoms with Gasteiger partial charge in [0.05, 0.1) is 18.4 Å². The molecule has 0 saturated carbocycles. The van der Waals surface area contributed by atoms with Gasteiger partial charge >= 0.3 is 5.97 Å². The molecule has 0 atom stereocenters. The van der Waals surface area contributed by atoms with Gasteiger partial charge in [-0.15, -0.1) is 0 Å². The predicted molar refractivity (Wildman–Crippen MR) is 78.8 cm³/mol. The summed E-state index contributed by atoms with van der Waals surface area (Å²) in [6.45, 7) is 0. The van der Waals surface area contributed by atoms with Gasteiger partial charge in [-0.2, -0.15) is 0 Å². The number of hydrogen-bond acceptors (Lipinski definition) is 4. The molecule has 6 nitrogen and oxygen atoms in total. The second kappa shape index (κ2) is 5.96. The van der Waals surface area contributed by atoms with Gasteiger partial charge in [0.15, 0.2) is 0 Å². The summed E-state index contributed by atoms with van der Waals surface area (Å²) in [5, 5.41) is 11.7. The van der Waals surface area contributed by atoms with E-state index in [0.717, 1.165) is 0 Å². The van der Waals surface area contributed by atoms with Crippen molar-refractivity contribution in [2.75, 3.05) is 18.2 Å². The highest BCUT2D eigenvalue weighted by atomic mass is 16.5. The van der Waals surface area contributed by atoms with Crippen LogP contribution in [-0.2, 0) is 0 Å². The Morgan fingerprint density at radius 1 is 1.14 bits per heavy atom. The number of anilines is 2. The Bertz CT molecular complexity index is 681. The number of aromatic carboxylic acids is 1. The van der Waals surface area contributed by atoms with E-state index in [1.165, 1.54) is 25.3 Å². The zero-order valence-corrected chi connectivity index (χ0v) is 11.3. The van der Waals surface area contributed by atoms with Crippen molar-refractivity contribution in [3.05, 3.63) is 53.6 Å². The number of ether oxygens (including phenoxy) is 1. The average Bonchev–Trinajstić information content (AvgIpc) is 2.49. The largest absolute Gasteiger partial charge is 0.497 e. The van der Waals surface area contributed by atoms with E-state index in [4.69, 9.17) is 15.6 Å². The maximum absolute atomic E-state index is 12.1. The molecule has 0 heterocycles. The van der Waals surface area contributed by atoms with Crippen LogP contribution in [0.15, 0.2) is 42.5 Å². The fraction of sp³-hybridized carbons (Fsp3) is 0.0667. The van der Waals surface area contributed by atoms with Crippen molar-refractivity contribution in [3.63, 3.8) is 0 Å². The predicted octanol–water partition coefficient (Wildman–Crippen LogP) is 2.23. The van der Waals surface area contributed by atoms with Crippen LogP contribution in [0.1, 0.15) is 20.7 Å². The van der Waals surface area contributed by atoms with Gasteiger partial charge < -0.3 is 20.9 Å². The lowest BCUT2D eigenvalue weighted by molar-refractivity contribution is 0.0698.